The fourth-order valence-corrected chi connectivity index (χ4v) is 2.49. The van der Waals surface area contributed by atoms with Crippen molar-refractivity contribution in [3.8, 4) is 5.75 Å². The van der Waals surface area contributed by atoms with E-state index < -0.39 is 0 Å². The van der Waals surface area contributed by atoms with Crippen LogP contribution in [-0.2, 0) is 0 Å². The lowest BCUT2D eigenvalue weighted by atomic mass is 9.92. The second kappa shape index (κ2) is 6.24. The number of rotatable bonds is 6. The molecule has 0 spiro atoms. The van der Waals surface area contributed by atoms with Crippen molar-refractivity contribution in [2.24, 2.45) is 5.92 Å². The summed E-state index contributed by atoms with van der Waals surface area (Å²) >= 11 is 0. The zero-order valence-electron chi connectivity index (χ0n) is 11.8. The Kier molecular flexibility index (Phi) is 4.65. The molecule has 0 aliphatic carbocycles. The SMILES string of the molecule is CC(CCC1COc2ccccc21)CNC(C)C. The van der Waals surface area contributed by atoms with Gasteiger partial charge in [0, 0.05) is 17.5 Å². The average molecular weight is 247 g/mol. The fraction of sp³-hybridized carbons (Fsp3) is 0.625. The van der Waals surface area contributed by atoms with Crippen molar-refractivity contribution < 1.29 is 4.74 Å². The van der Waals surface area contributed by atoms with E-state index >= 15 is 0 Å². The first kappa shape index (κ1) is 13.4. The molecular formula is C16H25NO. The average Bonchev–Trinajstić information content (AvgIpc) is 2.77. The quantitative estimate of drug-likeness (QED) is 0.829. The van der Waals surface area contributed by atoms with Gasteiger partial charge in [0.15, 0.2) is 0 Å². The van der Waals surface area contributed by atoms with Crippen LogP contribution in [0.4, 0.5) is 0 Å². The molecule has 0 fully saturated rings. The van der Waals surface area contributed by atoms with E-state index in [0.29, 0.717) is 12.0 Å². The number of nitrogens with one attached hydrogen (secondary N) is 1. The Bertz CT molecular complexity index is 375. The summed E-state index contributed by atoms with van der Waals surface area (Å²) in [6.45, 7) is 8.72. The zero-order chi connectivity index (χ0) is 13.0. The molecule has 18 heavy (non-hydrogen) atoms. The molecule has 1 heterocycles. The summed E-state index contributed by atoms with van der Waals surface area (Å²) in [4.78, 5) is 0. The van der Waals surface area contributed by atoms with Crippen LogP contribution in [0, 0.1) is 5.92 Å². The molecule has 1 aliphatic rings. The molecule has 100 valence electrons. The molecule has 1 N–H and O–H groups in total. The molecule has 2 atom stereocenters. The van der Waals surface area contributed by atoms with Gasteiger partial charge in [0.25, 0.3) is 0 Å². The van der Waals surface area contributed by atoms with Crippen LogP contribution in [-0.4, -0.2) is 19.2 Å². The summed E-state index contributed by atoms with van der Waals surface area (Å²) < 4.78 is 5.73. The minimum Gasteiger partial charge on any atom is -0.493 e. The minimum absolute atomic E-state index is 0.586. The van der Waals surface area contributed by atoms with Gasteiger partial charge < -0.3 is 10.1 Å². The third kappa shape index (κ3) is 3.49. The van der Waals surface area contributed by atoms with Crippen LogP contribution in [0.25, 0.3) is 0 Å². The maximum atomic E-state index is 5.73. The van der Waals surface area contributed by atoms with Gasteiger partial charge >= 0.3 is 0 Å². The lowest BCUT2D eigenvalue weighted by molar-refractivity contribution is 0.314. The fourth-order valence-electron chi connectivity index (χ4n) is 2.49. The Morgan fingerprint density at radius 2 is 2.06 bits per heavy atom. The highest BCUT2D eigenvalue weighted by molar-refractivity contribution is 5.39. The first-order chi connectivity index (χ1) is 8.66. The predicted molar refractivity (Wildman–Crippen MR) is 76.2 cm³/mol. The summed E-state index contributed by atoms with van der Waals surface area (Å²) in [5.74, 6) is 2.43. The van der Waals surface area contributed by atoms with E-state index in [1.54, 1.807) is 0 Å². The van der Waals surface area contributed by atoms with Crippen molar-refractivity contribution in [1.82, 2.24) is 5.32 Å². The second-order valence-corrected chi connectivity index (χ2v) is 5.79. The van der Waals surface area contributed by atoms with Gasteiger partial charge in [-0.05, 0) is 31.4 Å². The van der Waals surface area contributed by atoms with Crippen LogP contribution in [0.1, 0.15) is 45.1 Å². The molecule has 2 unspecified atom stereocenters. The van der Waals surface area contributed by atoms with Crippen molar-refractivity contribution in [1.29, 1.82) is 0 Å². The van der Waals surface area contributed by atoms with Crippen molar-refractivity contribution >= 4 is 0 Å². The van der Waals surface area contributed by atoms with Gasteiger partial charge in [-0.25, -0.2) is 0 Å². The Morgan fingerprint density at radius 3 is 2.83 bits per heavy atom. The number of ether oxygens (including phenoxy) is 1. The number of benzene rings is 1. The van der Waals surface area contributed by atoms with Crippen molar-refractivity contribution in [3.63, 3.8) is 0 Å². The van der Waals surface area contributed by atoms with Crippen LogP contribution in [0.5, 0.6) is 5.75 Å². The Morgan fingerprint density at radius 1 is 1.28 bits per heavy atom. The third-order valence-electron chi connectivity index (χ3n) is 3.68. The molecule has 1 aromatic carbocycles. The monoisotopic (exact) mass is 247 g/mol. The Balaban J connectivity index is 1.78. The van der Waals surface area contributed by atoms with Crippen LogP contribution >= 0.6 is 0 Å². The summed E-state index contributed by atoms with van der Waals surface area (Å²) in [5, 5.41) is 3.51. The number of para-hydroxylation sites is 1. The summed E-state index contributed by atoms with van der Waals surface area (Å²) in [7, 11) is 0. The zero-order valence-corrected chi connectivity index (χ0v) is 11.8. The van der Waals surface area contributed by atoms with Crippen LogP contribution < -0.4 is 10.1 Å². The predicted octanol–water partition coefficient (Wildman–Crippen LogP) is 3.58. The van der Waals surface area contributed by atoms with Crippen molar-refractivity contribution in [2.45, 2.75) is 45.6 Å². The van der Waals surface area contributed by atoms with Gasteiger partial charge in [0.2, 0.25) is 0 Å². The molecule has 0 bridgehead atoms. The van der Waals surface area contributed by atoms with Gasteiger partial charge in [0.1, 0.15) is 5.75 Å². The van der Waals surface area contributed by atoms with Crippen LogP contribution in [0.15, 0.2) is 24.3 Å². The molecular weight excluding hydrogens is 222 g/mol. The normalized spacial score (nSPS) is 19.7. The smallest absolute Gasteiger partial charge is 0.122 e. The lowest BCUT2D eigenvalue weighted by Gasteiger charge is -2.16. The van der Waals surface area contributed by atoms with E-state index in [1.165, 1.54) is 18.4 Å². The Labute approximate surface area is 111 Å². The highest BCUT2D eigenvalue weighted by Gasteiger charge is 2.23. The third-order valence-corrected chi connectivity index (χ3v) is 3.68. The molecule has 2 rings (SSSR count). The molecule has 1 aliphatic heterocycles. The van der Waals surface area contributed by atoms with Crippen LogP contribution in [0.2, 0.25) is 0 Å². The summed E-state index contributed by atoms with van der Waals surface area (Å²) in [5.41, 5.74) is 1.40. The molecule has 0 saturated carbocycles. The van der Waals surface area contributed by atoms with E-state index in [9.17, 15) is 0 Å². The maximum Gasteiger partial charge on any atom is 0.122 e. The molecule has 0 radical (unpaired) electrons. The molecule has 0 aromatic heterocycles. The molecule has 2 nitrogen and oxygen atoms in total. The standard InChI is InChI=1S/C16H25NO/c1-12(2)17-10-13(3)8-9-14-11-18-16-7-5-4-6-15(14)16/h4-7,12-14,17H,8-11H2,1-3H3. The first-order valence-electron chi connectivity index (χ1n) is 7.12. The number of hydrogen-bond donors (Lipinski definition) is 1. The lowest BCUT2D eigenvalue weighted by Crippen LogP contribution is -2.28. The van der Waals surface area contributed by atoms with Crippen LogP contribution in [0.3, 0.4) is 0 Å². The van der Waals surface area contributed by atoms with E-state index in [4.69, 9.17) is 4.74 Å². The maximum absolute atomic E-state index is 5.73. The van der Waals surface area contributed by atoms with Gasteiger partial charge in [0.05, 0.1) is 6.61 Å². The summed E-state index contributed by atoms with van der Waals surface area (Å²) in [6.07, 6.45) is 2.50. The molecule has 1 aromatic rings. The molecule has 0 amide bonds. The van der Waals surface area contributed by atoms with Gasteiger partial charge in [-0.1, -0.05) is 39.0 Å². The van der Waals surface area contributed by atoms with Crippen molar-refractivity contribution in [3.05, 3.63) is 29.8 Å². The highest BCUT2D eigenvalue weighted by Crippen LogP contribution is 2.36. The van der Waals surface area contributed by atoms with E-state index in [-0.39, 0.29) is 0 Å². The number of fused-ring (bicyclic) bond motifs is 1. The van der Waals surface area contributed by atoms with E-state index in [2.05, 4.69) is 50.4 Å². The van der Waals surface area contributed by atoms with Gasteiger partial charge in [-0.2, -0.15) is 0 Å². The number of hydrogen-bond acceptors (Lipinski definition) is 2. The van der Waals surface area contributed by atoms with Gasteiger partial charge in [-0.3, -0.25) is 0 Å². The van der Waals surface area contributed by atoms with Gasteiger partial charge in [-0.15, -0.1) is 0 Å². The minimum atomic E-state index is 0.586. The first-order valence-corrected chi connectivity index (χ1v) is 7.12. The second-order valence-electron chi connectivity index (χ2n) is 5.79. The summed E-state index contributed by atoms with van der Waals surface area (Å²) in [6, 6.07) is 9.05. The van der Waals surface area contributed by atoms with E-state index in [1.807, 2.05) is 0 Å². The van der Waals surface area contributed by atoms with Crippen molar-refractivity contribution in [2.75, 3.05) is 13.2 Å². The largest absolute Gasteiger partial charge is 0.493 e. The Hall–Kier alpha value is -1.02. The highest BCUT2D eigenvalue weighted by atomic mass is 16.5. The molecule has 2 heteroatoms. The van der Waals surface area contributed by atoms with E-state index in [0.717, 1.165) is 24.8 Å². The molecule has 0 saturated heterocycles. The topological polar surface area (TPSA) is 21.3 Å².